The molecule has 0 atom stereocenters. The van der Waals surface area contributed by atoms with E-state index in [4.69, 9.17) is 16.3 Å². The highest BCUT2D eigenvalue weighted by atomic mass is 35.5. The molecule has 0 radical (unpaired) electrons. The molecule has 0 aliphatic heterocycles. The number of nitrogens with zero attached hydrogens (tertiary/aromatic N) is 1. The maximum absolute atomic E-state index is 12.8. The minimum Gasteiger partial charge on any atom is -0.545 e. The zero-order chi connectivity index (χ0) is 18.8. The van der Waals surface area contributed by atoms with Gasteiger partial charge in [0, 0.05) is 10.6 Å². The number of carbonyl (C=O) groups is 1. The summed E-state index contributed by atoms with van der Waals surface area (Å²) in [5.74, 6) is -0.767. The fraction of sp³-hybridized carbons (Fsp3) is 0.0526. The Morgan fingerprint density at radius 2 is 2.08 bits per heavy atom. The summed E-state index contributed by atoms with van der Waals surface area (Å²) in [6.45, 7) is 3.85. The van der Waals surface area contributed by atoms with E-state index in [9.17, 15) is 14.7 Å². The molecular weight excluding hydrogens is 356 g/mol. The summed E-state index contributed by atoms with van der Waals surface area (Å²) in [5, 5.41) is 15.1. The predicted molar refractivity (Wildman–Crippen MR) is 97.1 cm³/mol. The van der Waals surface area contributed by atoms with Crippen molar-refractivity contribution in [2.24, 2.45) is 0 Å². The minimum absolute atomic E-state index is 0.0309. The molecule has 0 unspecified atom stereocenters. The zero-order valence-electron chi connectivity index (χ0n) is 13.8. The van der Waals surface area contributed by atoms with Gasteiger partial charge in [-0.15, -0.1) is 0 Å². The van der Waals surface area contributed by atoms with E-state index < -0.39 is 5.97 Å². The average molecular weight is 370 g/mol. The number of hydrogen-bond acceptors (Lipinski definition) is 4. The van der Waals surface area contributed by atoms with Crippen LogP contribution in [0.3, 0.4) is 0 Å². The van der Waals surface area contributed by atoms with Crippen LogP contribution in [0.15, 0.2) is 47.3 Å². The second-order valence-corrected chi connectivity index (χ2v) is 5.95. The van der Waals surface area contributed by atoms with Crippen LogP contribution in [-0.4, -0.2) is 22.9 Å². The lowest BCUT2D eigenvalue weighted by Crippen LogP contribution is -2.34. The number of carboxylic acids is 1. The van der Waals surface area contributed by atoms with E-state index in [1.165, 1.54) is 30.0 Å². The van der Waals surface area contributed by atoms with E-state index >= 15 is 0 Å². The second-order valence-electron chi connectivity index (χ2n) is 5.51. The summed E-state index contributed by atoms with van der Waals surface area (Å²) in [7, 11) is 1.52. The van der Waals surface area contributed by atoms with Gasteiger partial charge in [0.05, 0.1) is 29.3 Å². The number of hydrogen-bond donors (Lipinski definition) is 1. The lowest BCUT2D eigenvalue weighted by atomic mass is 10.1. The first-order valence-electron chi connectivity index (χ1n) is 7.57. The molecule has 1 heterocycles. The van der Waals surface area contributed by atoms with Crippen LogP contribution in [0.5, 0.6) is 5.75 Å². The van der Waals surface area contributed by atoms with Gasteiger partial charge in [-0.05, 0) is 42.0 Å². The number of aromatic amines is 1. The molecule has 0 bridgehead atoms. The average Bonchev–Trinajstić information content (AvgIpc) is 2.90. The Morgan fingerprint density at radius 3 is 2.77 bits per heavy atom. The molecule has 26 heavy (non-hydrogen) atoms. The van der Waals surface area contributed by atoms with E-state index in [0.29, 0.717) is 32.6 Å². The third kappa shape index (κ3) is 3.27. The molecule has 1 aromatic heterocycles. The van der Waals surface area contributed by atoms with Gasteiger partial charge in [0.2, 0.25) is 0 Å². The SMILES string of the molecule is C=c1[nH]n(-c2cccc(C(=O)[O-])c2)c(=O)/c1=C\c1cc(Cl)ccc1OC. The van der Waals surface area contributed by atoms with E-state index in [2.05, 4.69) is 11.7 Å². The van der Waals surface area contributed by atoms with Crippen molar-refractivity contribution in [3.05, 3.63) is 79.5 Å². The van der Waals surface area contributed by atoms with Gasteiger partial charge in [0.1, 0.15) is 5.75 Å². The number of benzene rings is 2. The van der Waals surface area contributed by atoms with Crippen LogP contribution in [0.1, 0.15) is 15.9 Å². The maximum atomic E-state index is 12.8. The Labute approximate surface area is 153 Å². The lowest BCUT2D eigenvalue weighted by molar-refractivity contribution is -0.255. The number of H-pyrrole nitrogens is 1. The highest BCUT2D eigenvalue weighted by Crippen LogP contribution is 2.22. The molecule has 2 aromatic carbocycles. The van der Waals surface area contributed by atoms with Gasteiger partial charge in [0.15, 0.2) is 0 Å². The summed E-state index contributed by atoms with van der Waals surface area (Å²) < 4.78 is 6.50. The van der Waals surface area contributed by atoms with Crippen LogP contribution in [0, 0.1) is 0 Å². The van der Waals surface area contributed by atoms with Crippen LogP contribution >= 0.6 is 11.6 Å². The van der Waals surface area contributed by atoms with Crippen LogP contribution in [0.2, 0.25) is 5.02 Å². The highest BCUT2D eigenvalue weighted by molar-refractivity contribution is 6.30. The van der Waals surface area contributed by atoms with Gasteiger partial charge in [-0.3, -0.25) is 9.89 Å². The molecule has 0 fully saturated rings. The second kappa shape index (κ2) is 6.93. The standard InChI is InChI=1S/C19H15ClN2O4/c1-11-16(10-13-8-14(20)6-7-17(13)26-2)18(23)22(21-11)15-5-3-4-12(9-15)19(24)25/h3-10,21H,1H2,2H3,(H,24,25)/p-1/b16-10-. The third-order valence-electron chi connectivity index (χ3n) is 3.84. The molecule has 0 aliphatic rings. The summed E-state index contributed by atoms with van der Waals surface area (Å²) >= 11 is 6.02. The van der Waals surface area contributed by atoms with Crippen LogP contribution < -0.4 is 26.0 Å². The normalized spacial score (nSPS) is 11.5. The molecule has 7 heteroatoms. The van der Waals surface area contributed by atoms with Gasteiger partial charge in [-0.2, -0.15) is 0 Å². The smallest absolute Gasteiger partial charge is 0.279 e. The molecule has 0 saturated carbocycles. The number of nitrogens with one attached hydrogen (secondary N) is 1. The molecule has 132 valence electrons. The summed E-state index contributed by atoms with van der Waals surface area (Å²) in [6, 6.07) is 10.9. The number of halogens is 1. The van der Waals surface area contributed by atoms with Crippen molar-refractivity contribution in [1.82, 2.24) is 9.78 Å². The van der Waals surface area contributed by atoms with E-state index in [0.717, 1.165) is 0 Å². The number of carbonyl (C=O) groups excluding carboxylic acids is 1. The molecule has 1 N–H and O–H groups in total. The molecule has 6 nitrogen and oxygen atoms in total. The van der Waals surface area contributed by atoms with Gasteiger partial charge in [-0.25, -0.2) is 4.68 Å². The molecule has 3 aromatic rings. The van der Waals surface area contributed by atoms with Crippen molar-refractivity contribution in [2.75, 3.05) is 7.11 Å². The zero-order valence-corrected chi connectivity index (χ0v) is 14.5. The number of methoxy groups -OCH3 is 1. The largest absolute Gasteiger partial charge is 0.545 e. The minimum atomic E-state index is -1.32. The molecule has 0 saturated heterocycles. The number of rotatable bonds is 4. The van der Waals surface area contributed by atoms with Crippen LogP contribution in [0.25, 0.3) is 18.3 Å². The lowest BCUT2D eigenvalue weighted by Gasteiger charge is -2.05. The fourth-order valence-corrected chi connectivity index (χ4v) is 2.75. The van der Waals surface area contributed by atoms with Crippen LogP contribution in [0.4, 0.5) is 0 Å². The Balaban J connectivity index is 2.21. The van der Waals surface area contributed by atoms with E-state index in [-0.39, 0.29) is 11.1 Å². The monoisotopic (exact) mass is 369 g/mol. The Bertz CT molecular complexity index is 1160. The maximum Gasteiger partial charge on any atom is 0.279 e. The number of aromatic carboxylic acids is 1. The topological polar surface area (TPSA) is 87.1 Å². The molecular formula is C19H14ClN2O4-. The third-order valence-corrected chi connectivity index (χ3v) is 4.07. The van der Waals surface area contributed by atoms with E-state index in [1.54, 1.807) is 30.3 Å². The quantitative estimate of drug-likeness (QED) is 0.722. The predicted octanol–water partition coefficient (Wildman–Crippen LogP) is 0.430. The number of carboxylic acid groups (broad SMARTS) is 1. The Kier molecular flexibility index (Phi) is 4.69. The fourth-order valence-electron chi connectivity index (χ4n) is 2.57. The van der Waals surface area contributed by atoms with Crippen molar-refractivity contribution < 1.29 is 14.6 Å². The first kappa shape index (κ1) is 17.6. The first-order valence-corrected chi connectivity index (χ1v) is 7.95. The highest BCUT2D eigenvalue weighted by Gasteiger charge is 2.08. The molecule has 0 spiro atoms. The van der Waals surface area contributed by atoms with Gasteiger partial charge < -0.3 is 14.6 Å². The first-order chi connectivity index (χ1) is 12.4. The summed E-state index contributed by atoms with van der Waals surface area (Å²) in [5.41, 5.74) is 0.570. The summed E-state index contributed by atoms with van der Waals surface area (Å²) in [4.78, 5) is 23.8. The van der Waals surface area contributed by atoms with Gasteiger partial charge in [0.25, 0.3) is 5.56 Å². The van der Waals surface area contributed by atoms with Gasteiger partial charge in [-0.1, -0.05) is 30.3 Å². The Hall–Kier alpha value is -3.25. The Morgan fingerprint density at radius 1 is 1.31 bits per heavy atom. The van der Waals surface area contributed by atoms with Crippen molar-refractivity contribution in [3.63, 3.8) is 0 Å². The van der Waals surface area contributed by atoms with Crippen molar-refractivity contribution in [1.29, 1.82) is 0 Å². The van der Waals surface area contributed by atoms with Crippen molar-refractivity contribution in [2.45, 2.75) is 0 Å². The summed E-state index contributed by atoms with van der Waals surface area (Å²) in [6.07, 6.45) is 1.62. The molecule has 3 rings (SSSR count). The number of aromatic nitrogens is 2. The molecule has 0 amide bonds. The van der Waals surface area contributed by atoms with Crippen molar-refractivity contribution >= 4 is 30.2 Å². The van der Waals surface area contributed by atoms with Crippen LogP contribution in [-0.2, 0) is 0 Å². The van der Waals surface area contributed by atoms with Gasteiger partial charge >= 0.3 is 0 Å². The number of ether oxygens (including phenoxy) is 1. The van der Waals surface area contributed by atoms with E-state index in [1.807, 2.05) is 0 Å². The molecule has 0 aliphatic carbocycles. The van der Waals surface area contributed by atoms with Crippen molar-refractivity contribution in [3.8, 4) is 11.4 Å².